The fourth-order valence-electron chi connectivity index (χ4n) is 3.75. The Morgan fingerprint density at radius 3 is 2.33 bits per heavy atom. The third-order valence-electron chi connectivity index (χ3n) is 5.81. The van der Waals surface area contributed by atoms with Gasteiger partial charge < -0.3 is 15.5 Å². The zero-order valence-electron chi connectivity index (χ0n) is 18.9. The minimum absolute atomic E-state index is 0.0168. The van der Waals surface area contributed by atoms with Crippen molar-refractivity contribution in [3.05, 3.63) is 53.6 Å². The highest BCUT2D eigenvalue weighted by Crippen LogP contribution is 2.33. The van der Waals surface area contributed by atoms with Crippen LogP contribution >= 0.6 is 0 Å². The number of hydrogen-bond acceptors (Lipinski definition) is 5. The summed E-state index contributed by atoms with van der Waals surface area (Å²) in [6, 6.07) is 9.84. The number of alkyl halides is 3. The number of carbonyl (C=O) groups is 3. The van der Waals surface area contributed by atoms with E-state index in [0.717, 1.165) is 18.9 Å². The molecule has 3 N–H and O–H groups in total. The number of nitrogens with zero attached hydrogens (tertiary/aromatic N) is 1. The number of hydrogen-bond donors (Lipinski definition) is 3. The third-order valence-corrected chi connectivity index (χ3v) is 7.27. The molecule has 1 heterocycles. The number of amides is 3. The van der Waals surface area contributed by atoms with Crippen LogP contribution in [0.2, 0.25) is 0 Å². The molecule has 0 bridgehead atoms. The quantitative estimate of drug-likeness (QED) is 0.457. The molecular weight excluding hydrogens is 501 g/mol. The lowest BCUT2D eigenvalue weighted by Crippen LogP contribution is -2.40. The zero-order chi connectivity index (χ0) is 26.1. The van der Waals surface area contributed by atoms with Crippen molar-refractivity contribution in [1.82, 2.24) is 10.0 Å². The number of benzene rings is 2. The van der Waals surface area contributed by atoms with Gasteiger partial charge in [0.25, 0.3) is 5.91 Å². The molecule has 0 spiro atoms. The van der Waals surface area contributed by atoms with E-state index >= 15 is 0 Å². The first-order valence-electron chi connectivity index (χ1n) is 11.2. The van der Waals surface area contributed by atoms with Crippen molar-refractivity contribution in [2.75, 3.05) is 29.9 Å². The van der Waals surface area contributed by atoms with Crippen LogP contribution in [0.4, 0.5) is 24.5 Å². The zero-order valence-corrected chi connectivity index (χ0v) is 19.7. The second-order valence-corrected chi connectivity index (χ2v) is 10.3. The summed E-state index contributed by atoms with van der Waals surface area (Å²) in [4.78, 5) is 36.0. The molecule has 2 aliphatic rings. The van der Waals surface area contributed by atoms with E-state index in [1.54, 1.807) is 24.3 Å². The van der Waals surface area contributed by atoms with Crippen molar-refractivity contribution in [3.8, 4) is 0 Å². The van der Waals surface area contributed by atoms with Crippen molar-refractivity contribution in [2.24, 2.45) is 5.92 Å². The Morgan fingerprint density at radius 2 is 1.69 bits per heavy atom. The molecule has 0 atom stereocenters. The first-order chi connectivity index (χ1) is 17.0. The van der Waals surface area contributed by atoms with E-state index in [1.165, 1.54) is 12.1 Å². The van der Waals surface area contributed by atoms with Crippen LogP contribution in [0.3, 0.4) is 0 Å². The molecule has 0 saturated heterocycles. The Hall–Kier alpha value is -3.45. The lowest BCUT2D eigenvalue weighted by atomic mass is 10.2. The summed E-state index contributed by atoms with van der Waals surface area (Å²) in [5, 5.41) is 5.35. The van der Waals surface area contributed by atoms with Crippen LogP contribution in [0.1, 0.15) is 28.8 Å². The van der Waals surface area contributed by atoms with Crippen molar-refractivity contribution in [1.29, 1.82) is 0 Å². The van der Waals surface area contributed by atoms with Gasteiger partial charge in [-0.15, -0.1) is 0 Å². The Labute approximate surface area is 205 Å². The smallest absolute Gasteiger partial charge is 0.351 e. The van der Waals surface area contributed by atoms with Gasteiger partial charge in [-0.3, -0.25) is 14.4 Å². The largest absolute Gasteiger partial charge is 0.471 e. The number of rotatable bonds is 8. The Bertz CT molecular complexity index is 1290. The molecule has 0 aromatic heterocycles. The van der Waals surface area contributed by atoms with E-state index < -0.39 is 28.0 Å². The number of sulfonamides is 1. The van der Waals surface area contributed by atoms with Crippen molar-refractivity contribution in [2.45, 2.75) is 30.3 Å². The Balaban J connectivity index is 1.28. The molecule has 192 valence electrons. The summed E-state index contributed by atoms with van der Waals surface area (Å²) in [6.07, 6.45) is -3.17. The first kappa shape index (κ1) is 25.6. The van der Waals surface area contributed by atoms with Crippen LogP contribution in [-0.2, 0) is 26.0 Å². The molecule has 1 aliphatic carbocycles. The maximum absolute atomic E-state index is 12.8. The van der Waals surface area contributed by atoms with Gasteiger partial charge in [-0.25, -0.2) is 13.1 Å². The van der Waals surface area contributed by atoms with E-state index in [0.29, 0.717) is 21.7 Å². The summed E-state index contributed by atoms with van der Waals surface area (Å²) in [7, 11) is -4.00. The number of halogens is 3. The molecule has 36 heavy (non-hydrogen) atoms. The fourth-order valence-corrected chi connectivity index (χ4v) is 4.83. The molecule has 2 aromatic carbocycles. The molecule has 1 aliphatic heterocycles. The van der Waals surface area contributed by atoms with E-state index in [9.17, 15) is 36.0 Å². The average molecular weight is 525 g/mol. The highest BCUT2D eigenvalue weighted by molar-refractivity contribution is 7.89. The minimum Gasteiger partial charge on any atom is -0.351 e. The molecule has 3 amide bonds. The van der Waals surface area contributed by atoms with Crippen LogP contribution in [-0.4, -0.2) is 51.9 Å². The maximum atomic E-state index is 12.8. The predicted molar refractivity (Wildman–Crippen MR) is 124 cm³/mol. The summed E-state index contributed by atoms with van der Waals surface area (Å²) >= 11 is 0. The third kappa shape index (κ3) is 5.85. The van der Waals surface area contributed by atoms with Gasteiger partial charge in [0.05, 0.1) is 4.90 Å². The number of carbonyl (C=O) groups excluding carboxylic acids is 3. The van der Waals surface area contributed by atoms with E-state index in [4.69, 9.17) is 0 Å². The van der Waals surface area contributed by atoms with Gasteiger partial charge in [0.1, 0.15) is 0 Å². The summed E-state index contributed by atoms with van der Waals surface area (Å²) in [5.41, 5.74) is 1.26. The summed E-state index contributed by atoms with van der Waals surface area (Å²) in [6.45, 7) is -0.332. The topological polar surface area (TPSA) is 125 Å². The first-order valence-corrected chi connectivity index (χ1v) is 12.6. The molecule has 13 heteroatoms. The van der Waals surface area contributed by atoms with Gasteiger partial charge >= 0.3 is 12.1 Å². The van der Waals surface area contributed by atoms with Crippen molar-refractivity contribution < 1.29 is 36.0 Å². The van der Waals surface area contributed by atoms with Gasteiger partial charge in [-0.1, -0.05) is 0 Å². The molecular formula is C23H23F3N4O5S. The van der Waals surface area contributed by atoms with Crippen LogP contribution in [0.5, 0.6) is 0 Å². The van der Waals surface area contributed by atoms with Gasteiger partial charge in [-0.2, -0.15) is 13.2 Å². The molecule has 9 nitrogen and oxygen atoms in total. The van der Waals surface area contributed by atoms with E-state index in [2.05, 4.69) is 15.4 Å². The molecule has 0 radical (unpaired) electrons. The monoisotopic (exact) mass is 524 g/mol. The normalized spacial score (nSPS) is 15.4. The Kier molecular flexibility index (Phi) is 7.05. The summed E-state index contributed by atoms with van der Waals surface area (Å²) < 4.78 is 65.7. The highest BCUT2D eigenvalue weighted by atomic mass is 32.2. The maximum Gasteiger partial charge on any atom is 0.471 e. The van der Waals surface area contributed by atoms with Gasteiger partial charge in [-0.05, 0) is 67.3 Å². The fraction of sp³-hybridized carbons (Fsp3) is 0.348. The van der Waals surface area contributed by atoms with Crippen molar-refractivity contribution in [3.63, 3.8) is 0 Å². The molecule has 1 saturated carbocycles. The highest BCUT2D eigenvalue weighted by Gasteiger charge is 2.44. The lowest BCUT2D eigenvalue weighted by molar-refractivity contribution is -0.170. The minimum atomic E-state index is -5.02. The van der Waals surface area contributed by atoms with Crippen LogP contribution in [0, 0.1) is 5.92 Å². The van der Waals surface area contributed by atoms with E-state index in [-0.39, 0.29) is 48.5 Å². The van der Waals surface area contributed by atoms with Crippen LogP contribution in [0.15, 0.2) is 47.4 Å². The number of fused-ring (bicyclic) bond motifs is 1. The second kappa shape index (κ2) is 9.90. The predicted octanol–water partition coefficient (Wildman–Crippen LogP) is 2.19. The number of anilines is 2. The van der Waals surface area contributed by atoms with Gasteiger partial charge in [0, 0.05) is 42.5 Å². The molecule has 1 fully saturated rings. The van der Waals surface area contributed by atoms with Gasteiger partial charge in [0.15, 0.2) is 0 Å². The second-order valence-electron chi connectivity index (χ2n) is 8.49. The molecule has 4 rings (SSSR count). The molecule has 0 unspecified atom stereocenters. The average Bonchev–Trinajstić information content (AvgIpc) is 3.60. The van der Waals surface area contributed by atoms with Crippen molar-refractivity contribution >= 4 is 39.1 Å². The van der Waals surface area contributed by atoms with Crippen LogP contribution in [0.25, 0.3) is 0 Å². The standard InChI is InChI=1S/C23H23F3N4O5S/c24-23(25,26)22(33)30-12-9-16-13-18(7-8-19(16)30)36(34,35)28-11-10-27-20(31)14-3-5-17(6-4-14)29-21(32)15-1-2-15/h3-8,13,15,28H,1-2,9-12H2,(H,27,31)(H,29,32). The molecule has 2 aromatic rings. The van der Waals surface area contributed by atoms with Crippen LogP contribution < -0.4 is 20.3 Å². The SMILES string of the molecule is O=C(NCCNS(=O)(=O)c1ccc2c(c1)CCN2C(=O)C(F)(F)F)c1ccc(NC(=O)C2CC2)cc1. The lowest BCUT2D eigenvalue weighted by Gasteiger charge is -2.19. The summed E-state index contributed by atoms with van der Waals surface area (Å²) in [5.74, 6) is -2.42. The Morgan fingerprint density at radius 1 is 1.00 bits per heavy atom. The number of nitrogens with one attached hydrogen (secondary N) is 3. The van der Waals surface area contributed by atoms with E-state index in [1.807, 2.05) is 0 Å². The van der Waals surface area contributed by atoms with Gasteiger partial charge in [0.2, 0.25) is 15.9 Å².